The van der Waals surface area contributed by atoms with Crippen LogP contribution in [0.5, 0.6) is 0 Å². The van der Waals surface area contributed by atoms with Gasteiger partial charge in [-0.2, -0.15) is 0 Å². The molecule has 0 saturated heterocycles. The van der Waals surface area contributed by atoms with Crippen LogP contribution in [0.15, 0.2) is 4.21 Å². The molecule has 2 amide bonds. The molecule has 1 aromatic rings. The van der Waals surface area contributed by atoms with E-state index in [1.54, 1.807) is 27.7 Å². The fraction of sp³-hybridized carbons (Fsp3) is 0.545. The molecule has 1 aromatic heterocycles. The molecule has 6 nitrogen and oxygen atoms in total. The fourth-order valence-corrected chi connectivity index (χ4v) is 2.97. The van der Waals surface area contributed by atoms with Crippen LogP contribution in [0.3, 0.4) is 0 Å². The number of rotatable bonds is 3. The molecule has 0 unspecified atom stereocenters. The minimum Gasteiger partial charge on any atom is -0.444 e. The molecular weight excluding hydrogens is 286 g/mol. The number of amides is 2. The Morgan fingerprint density at radius 2 is 2.11 bits per heavy atom. The number of nitrogens with one attached hydrogen (secondary N) is 1. The minimum absolute atomic E-state index is 0.264. The Morgan fingerprint density at radius 3 is 2.63 bits per heavy atom. The van der Waals surface area contributed by atoms with Gasteiger partial charge in [0.15, 0.2) is 0 Å². The smallest absolute Gasteiger partial charge is 0.408 e. The van der Waals surface area contributed by atoms with Gasteiger partial charge in [0, 0.05) is 0 Å². The van der Waals surface area contributed by atoms with Crippen molar-refractivity contribution in [1.82, 2.24) is 10.3 Å². The summed E-state index contributed by atoms with van der Waals surface area (Å²) in [4.78, 5) is 26.5. The van der Waals surface area contributed by atoms with Gasteiger partial charge in [-0.05, 0) is 39.5 Å². The number of thioether (sulfide) groups is 1. The van der Waals surface area contributed by atoms with Crippen LogP contribution >= 0.6 is 23.1 Å². The van der Waals surface area contributed by atoms with Crippen molar-refractivity contribution in [3.63, 3.8) is 0 Å². The number of thiazole rings is 1. The molecule has 0 atom stereocenters. The van der Waals surface area contributed by atoms with Crippen molar-refractivity contribution in [2.24, 2.45) is 5.73 Å². The molecular formula is C11H17N3O3S2. The van der Waals surface area contributed by atoms with Gasteiger partial charge in [-0.15, -0.1) is 11.3 Å². The summed E-state index contributed by atoms with van der Waals surface area (Å²) < 4.78 is 5.85. The van der Waals surface area contributed by atoms with Gasteiger partial charge in [0.1, 0.15) is 10.6 Å². The van der Waals surface area contributed by atoms with E-state index in [-0.39, 0.29) is 6.54 Å². The third-order valence-corrected chi connectivity index (χ3v) is 3.91. The number of alkyl carbamates (subject to hydrolysis) is 1. The van der Waals surface area contributed by atoms with Crippen LogP contribution in [0.25, 0.3) is 0 Å². The van der Waals surface area contributed by atoms with E-state index < -0.39 is 16.9 Å². The van der Waals surface area contributed by atoms with Crippen LogP contribution in [-0.2, 0) is 11.3 Å². The molecule has 3 N–H and O–H groups in total. The van der Waals surface area contributed by atoms with Crippen LogP contribution in [0.4, 0.5) is 9.59 Å². The highest BCUT2D eigenvalue weighted by molar-refractivity contribution is 8.14. The number of nitrogens with two attached hydrogens (primary N) is 1. The lowest BCUT2D eigenvalue weighted by Gasteiger charge is -2.19. The van der Waals surface area contributed by atoms with Crippen molar-refractivity contribution < 1.29 is 14.3 Å². The number of carbonyl (C=O) groups is 2. The first kappa shape index (κ1) is 15.8. The minimum atomic E-state index is -0.532. The molecule has 106 valence electrons. The predicted molar refractivity (Wildman–Crippen MR) is 75.4 cm³/mol. The number of ether oxygens (including phenoxy) is 1. The molecule has 0 aliphatic heterocycles. The SMILES string of the molecule is Cc1nc(CNC(=O)OC(C)(C)C)sc1SC(N)=O. The van der Waals surface area contributed by atoms with E-state index in [1.165, 1.54) is 11.3 Å². The van der Waals surface area contributed by atoms with E-state index in [0.717, 1.165) is 21.7 Å². The van der Waals surface area contributed by atoms with Gasteiger partial charge < -0.3 is 15.8 Å². The van der Waals surface area contributed by atoms with E-state index >= 15 is 0 Å². The molecule has 0 aromatic carbocycles. The van der Waals surface area contributed by atoms with Gasteiger partial charge in [-0.3, -0.25) is 4.79 Å². The average molecular weight is 303 g/mol. The fourth-order valence-electron chi connectivity index (χ4n) is 1.16. The van der Waals surface area contributed by atoms with Crippen LogP contribution in [-0.4, -0.2) is 21.9 Å². The van der Waals surface area contributed by atoms with Gasteiger partial charge in [0.25, 0.3) is 5.24 Å². The quantitative estimate of drug-likeness (QED) is 0.837. The summed E-state index contributed by atoms with van der Waals surface area (Å²) in [6.45, 7) is 7.43. The van der Waals surface area contributed by atoms with Crippen LogP contribution in [0.1, 0.15) is 31.5 Å². The van der Waals surface area contributed by atoms with Gasteiger partial charge in [0.05, 0.1) is 16.4 Å². The van der Waals surface area contributed by atoms with E-state index in [4.69, 9.17) is 10.5 Å². The second kappa shape index (κ2) is 6.25. The van der Waals surface area contributed by atoms with Crippen LogP contribution in [0, 0.1) is 6.92 Å². The normalized spacial score (nSPS) is 11.2. The number of primary amides is 1. The summed E-state index contributed by atoms with van der Waals surface area (Å²) in [5, 5.41) is 2.84. The van der Waals surface area contributed by atoms with Crippen molar-refractivity contribution in [3.05, 3.63) is 10.7 Å². The summed E-state index contributed by atoms with van der Waals surface area (Å²) in [6.07, 6.45) is -0.496. The number of carbonyl (C=O) groups excluding carboxylic acids is 2. The van der Waals surface area contributed by atoms with Gasteiger partial charge in [-0.1, -0.05) is 0 Å². The lowest BCUT2D eigenvalue weighted by molar-refractivity contribution is 0.0523. The number of aromatic nitrogens is 1. The zero-order valence-electron chi connectivity index (χ0n) is 11.3. The molecule has 1 heterocycles. The Morgan fingerprint density at radius 1 is 1.47 bits per heavy atom. The third kappa shape index (κ3) is 5.93. The first-order valence-corrected chi connectivity index (χ1v) is 7.21. The summed E-state index contributed by atoms with van der Waals surface area (Å²) in [7, 11) is 0. The molecule has 0 radical (unpaired) electrons. The van der Waals surface area contributed by atoms with E-state index in [2.05, 4.69) is 10.3 Å². The van der Waals surface area contributed by atoms with E-state index in [9.17, 15) is 9.59 Å². The Hall–Kier alpha value is -1.28. The van der Waals surface area contributed by atoms with Crippen LogP contribution < -0.4 is 11.1 Å². The largest absolute Gasteiger partial charge is 0.444 e. The Bertz CT molecular complexity index is 480. The monoisotopic (exact) mass is 303 g/mol. The summed E-state index contributed by atoms with van der Waals surface area (Å²) in [5.74, 6) is 0. The standard InChI is InChI=1S/C11H17N3O3S2/c1-6-8(19-9(12)15)18-7(14-6)5-13-10(16)17-11(2,3)4/h5H2,1-4H3,(H2,12,15)(H,13,16). The van der Waals surface area contributed by atoms with Crippen molar-refractivity contribution in [2.75, 3.05) is 0 Å². The number of aryl methyl sites for hydroxylation is 1. The van der Waals surface area contributed by atoms with Crippen molar-refractivity contribution in [1.29, 1.82) is 0 Å². The van der Waals surface area contributed by atoms with Gasteiger partial charge in [-0.25, -0.2) is 9.78 Å². The highest BCUT2D eigenvalue weighted by Crippen LogP contribution is 2.29. The molecule has 19 heavy (non-hydrogen) atoms. The molecule has 0 aliphatic carbocycles. The predicted octanol–water partition coefficient (Wildman–Crippen LogP) is 2.65. The lowest BCUT2D eigenvalue weighted by atomic mass is 10.2. The zero-order chi connectivity index (χ0) is 14.6. The molecule has 0 aliphatic rings. The maximum atomic E-state index is 11.5. The first-order chi connectivity index (χ1) is 8.67. The van der Waals surface area contributed by atoms with Crippen LogP contribution in [0.2, 0.25) is 0 Å². The highest BCUT2D eigenvalue weighted by Gasteiger charge is 2.17. The molecule has 0 spiro atoms. The topological polar surface area (TPSA) is 94.3 Å². The summed E-state index contributed by atoms with van der Waals surface area (Å²) in [6, 6.07) is 0. The summed E-state index contributed by atoms with van der Waals surface area (Å²) >= 11 is 2.27. The average Bonchev–Trinajstić information content (AvgIpc) is 2.53. The maximum absolute atomic E-state index is 11.5. The number of hydrogen-bond donors (Lipinski definition) is 2. The summed E-state index contributed by atoms with van der Waals surface area (Å²) in [5.41, 5.74) is 5.31. The van der Waals surface area contributed by atoms with Crippen molar-refractivity contribution in [2.45, 2.75) is 44.0 Å². The Kier molecular flexibility index (Phi) is 5.19. The Labute approximate surface area is 120 Å². The second-order valence-corrected chi connectivity index (χ2v) is 7.11. The zero-order valence-corrected chi connectivity index (χ0v) is 12.9. The van der Waals surface area contributed by atoms with E-state index in [1.807, 2.05) is 0 Å². The molecule has 8 heteroatoms. The second-order valence-electron chi connectivity index (χ2n) is 4.76. The van der Waals surface area contributed by atoms with Crippen molar-refractivity contribution >= 4 is 34.4 Å². The van der Waals surface area contributed by atoms with E-state index in [0.29, 0.717) is 5.01 Å². The van der Waals surface area contributed by atoms with Gasteiger partial charge in [0.2, 0.25) is 0 Å². The molecule has 0 saturated carbocycles. The van der Waals surface area contributed by atoms with Gasteiger partial charge >= 0.3 is 6.09 Å². The highest BCUT2D eigenvalue weighted by atomic mass is 32.2. The molecule has 0 bridgehead atoms. The number of hydrogen-bond acceptors (Lipinski definition) is 6. The van der Waals surface area contributed by atoms with Crippen molar-refractivity contribution in [3.8, 4) is 0 Å². The lowest BCUT2D eigenvalue weighted by Crippen LogP contribution is -2.32. The number of nitrogens with zero attached hydrogens (tertiary/aromatic N) is 1. The third-order valence-electron chi connectivity index (χ3n) is 1.77. The Balaban J connectivity index is 2.54. The molecule has 1 rings (SSSR count). The molecule has 0 fully saturated rings. The maximum Gasteiger partial charge on any atom is 0.408 e. The first-order valence-electron chi connectivity index (χ1n) is 5.58.